The summed E-state index contributed by atoms with van der Waals surface area (Å²) in [6, 6.07) is 12.5. The molecule has 6 nitrogen and oxygen atoms in total. The Morgan fingerprint density at radius 3 is 2.37 bits per heavy atom. The summed E-state index contributed by atoms with van der Waals surface area (Å²) in [6.07, 6.45) is 2.82. The third-order valence-electron chi connectivity index (χ3n) is 5.35. The van der Waals surface area contributed by atoms with Crippen LogP contribution in [0.3, 0.4) is 0 Å². The van der Waals surface area contributed by atoms with E-state index in [9.17, 15) is 13.2 Å². The normalized spacial score (nSPS) is 15.2. The van der Waals surface area contributed by atoms with Gasteiger partial charge in [0.1, 0.15) is 5.75 Å². The van der Waals surface area contributed by atoms with Gasteiger partial charge in [0, 0.05) is 18.8 Å². The minimum Gasteiger partial charge on any atom is -0.484 e. The molecule has 0 unspecified atom stereocenters. The van der Waals surface area contributed by atoms with Crippen LogP contribution in [-0.4, -0.2) is 38.3 Å². The van der Waals surface area contributed by atoms with Gasteiger partial charge in [-0.1, -0.05) is 38.5 Å². The topological polar surface area (TPSA) is 75.7 Å². The van der Waals surface area contributed by atoms with Gasteiger partial charge in [0.25, 0.3) is 5.91 Å². The van der Waals surface area contributed by atoms with Crippen LogP contribution >= 0.6 is 0 Å². The van der Waals surface area contributed by atoms with Gasteiger partial charge < -0.3 is 10.1 Å². The van der Waals surface area contributed by atoms with E-state index in [-0.39, 0.29) is 17.4 Å². The Morgan fingerprint density at radius 1 is 1.07 bits per heavy atom. The maximum absolute atomic E-state index is 12.9. The van der Waals surface area contributed by atoms with Gasteiger partial charge in [-0.05, 0) is 61.1 Å². The van der Waals surface area contributed by atoms with Gasteiger partial charge >= 0.3 is 0 Å². The molecule has 0 bridgehead atoms. The summed E-state index contributed by atoms with van der Waals surface area (Å²) in [4.78, 5) is 12.6. The molecular formula is C23H30N2O4S. The zero-order chi connectivity index (χ0) is 21.7. The van der Waals surface area contributed by atoms with Crippen molar-refractivity contribution in [2.45, 2.75) is 50.8 Å². The Labute approximate surface area is 179 Å². The second kappa shape index (κ2) is 9.62. The summed E-state index contributed by atoms with van der Waals surface area (Å²) in [5.74, 6) is 0.713. The minimum absolute atomic E-state index is 0.149. The van der Waals surface area contributed by atoms with Crippen LogP contribution in [0.2, 0.25) is 0 Å². The molecule has 162 valence electrons. The molecule has 1 amide bonds. The first-order valence-electron chi connectivity index (χ1n) is 10.4. The average molecular weight is 431 g/mol. The number of nitrogens with zero attached hydrogens (tertiary/aromatic N) is 1. The molecule has 0 aromatic heterocycles. The lowest BCUT2D eigenvalue weighted by Gasteiger charge is -2.26. The molecule has 1 saturated heterocycles. The van der Waals surface area contributed by atoms with Crippen LogP contribution < -0.4 is 10.1 Å². The summed E-state index contributed by atoms with van der Waals surface area (Å²) >= 11 is 0. The fourth-order valence-corrected chi connectivity index (χ4v) is 4.98. The van der Waals surface area contributed by atoms with Gasteiger partial charge in [-0.15, -0.1) is 0 Å². The van der Waals surface area contributed by atoms with E-state index in [1.54, 1.807) is 12.1 Å². The zero-order valence-corrected chi connectivity index (χ0v) is 18.7. The molecule has 1 fully saturated rings. The predicted octanol–water partition coefficient (Wildman–Crippen LogP) is 4.31. The molecule has 1 N–H and O–H groups in total. The molecule has 0 aliphatic carbocycles. The molecular weight excluding hydrogens is 400 g/mol. The van der Waals surface area contributed by atoms with Crippen molar-refractivity contribution in [2.75, 3.05) is 25.0 Å². The van der Waals surface area contributed by atoms with Crippen LogP contribution in [-0.2, 0) is 14.8 Å². The Balaban J connectivity index is 1.65. The number of sulfonamides is 1. The Hall–Kier alpha value is -2.38. The van der Waals surface area contributed by atoms with E-state index >= 15 is 0 Å². The number of aryl methyl sites for hydroxylation is 1. The third-order valence-corrected chi connectivity index (χ3v) is 7.25. The number of hydrogen-bond acceptors (Lipinski definition) is 4. The summed E-state index contributed by atoms with van der Waals surface area (Å²) in [6.45, 7) is 7.00. The maximum atomic E-state index is 12.9. The molecule has 0 atom stereocenters. The van der Waals surface area contributed by atoms with Crippen LogP contribution in [0.15, 0.2) is 47.4 Å². The van der Waals surface area contributed by atoms with Crippen molar-refractivity contribution in [1.29, 1.82) is 0 Å². The quantitative estimate of drug-likeness (QED) is 0.710. The van der Waals surface area contributed by atoms with Gasteiger partial charge in [0.05, 0.1) is 4.90 Å². The number of carbonyl (C=O) groups is 1. The van der Waals surface area contributed by atoms with E-state index in [0.29, 0.717) is 30.4 Å². The standard InChI is InChI=1S/C23H30N2O4S/c1-17(2)19-8-10-20(11-9-19)29-16-23(26)24-22-15-21(12-7-18(22)3)30(27,28)25-13-5-4-6-14-25/h7-12,15,17H,4-6,13-14,16H2,1-3H3,(H,24,26). The molecule has 0 saturated carbocycles. The minimum atomic E-state index is -3.55. The number of amides is 1. The van der Waals surface area contributed by atoms with Crippen LogP contribution in [0, 0.1) is 6.92 Å². The highest BCUT2D eigenvalue weighted by atomic mass is 32.2. The van der Waals surface area contributed by atoms with Gasteiger partial charge in [-0.25, -0.2) is 8.42 Å². The number of rotatable bonds is 7. The SMILES string of the molecule is Cc1ccc(S(=O)(=O)N2CCCCC2)cc1NC(=O)COc1ccc(C(C)C)cc1. The van der Waals surface area contributed by atoms with Crippen molar-refractivity contribution in [3.63, 3.8) is 0 Å². The Morgan fingerprint density at radius 2 is 1.73 bits per heavy atom. The Kier molecular flexibility index (Phi) is 7.15. The number of carbonyl (C=O) groups excluding carboxylic acids is 1. The van der Waals surface area contributed by atoms with E-state index in [0.717, 1.165) is 24.8 Å². The molecule has 2 aromatic carbocycles. The summed E-state index contributed by atoms with van der Waals surface area (Å²) in [7, 11) is -3.55. The van der Waals surface area contributed by atoms with Crippen molar-refractivity contribution in [3.8, 4) is 5.75 Å². The number of anilines is 1. The monoisotopic (exact) mass is 430 g/mol. The fraction of sp³-hybridized carbons (Fsp3) is 0.435. The number of hydrogen-bond donors (Lipinski definition) is 1. The number of ether oxygens (including phenoxy) is 1. The van der Waals surface area contributed by atoms with Gasteiger partial charge in [0.15, 0.2) is 6.61 Å². The molecule has 1 aliphatic heterocycles. The number of piperidine rings is 1. The molecule has 0 radical (unpaired) electrons. The van der Waals surface area contributed by atoms with Crippen LogP contribution in [0.5, 0.6) is 5.75 Å². The molecule has 2 aromatic rings. The molecule has 7 heteroatoms. The summed E-state index contributed by atoms with van der Waals surface area (Å²) < 4.78 is 32.9. The second-order valence-electron chi connectivity index (χ2n) is 8.00. The van der Waals surface area contributed by atoms with Crippen molar-refractivity contribution in [1.82, 2.24) is 4.31 Å². The van der Waals surface area contributed by atoms with Crippen LogP contribution in [0.25, 0.3) is 0 Å². The average Bonchev–Trinajstić information content (AvgIpc) is 2.74. The zero-order valence-electron chi connectivity index (χ0n) is 17.8. The van der Waals surface area contributed by atoms with E-state index in [2.05, 4.69) is 19.2 Å². The molecule has 1 heterocycles. The van der Waals surface area contributed by atoms with E-state index in [4.69, 9.17) is 4.74 Å². The highest BCUT2D eigenvalue weighted by Crippen LogP contribution is 2.25. The van der Waals surface area contributed by atoms with Crippen molar-refractivity contribution in [3.05, 3.63) is 53.6 Å². The first-order chi connectivity index (χ1) is 14.3. The Bertz CT molecular complexity index is 979. The summed E-state index contributed by atoms with van der Waals surface area (Å²) in [5, 5.41) is 2.78. The highest BCUT2D eigenvalue weighted by Gasteiger charge is 2.26. The molecule has 30 heavy (non-hydrogen) atoms. The third kappa shape index (κ3) is 5.40. The molecule has 0 spiro atoms. The van der Waals surface area contributed by atoms with Gasteiger partial charge in [-0.2, -0.15) is 4.31 Å². The van der Waals surface area contributed by atoms with Crippen LogP contribution in [0.1, 0.15) is 50.2 Å². The number of nitrogens with one attached hydrogen (secondary N) is 1. The maximum Gasteiger partial charge on any atom is 0.262 e. The van der Waals surface area contributed by atoms with Crippen molar-refractivity contribution < 1.29 is 17.9 Å². The van der Waals surface area contributed by atoms with Crippen molar-refractivity contribution in [2.24, 2.45) is 0 Å². The lowest BCUT2D eigenvalue weighted by atomic mass is 10.0. The highest BCUT2D eigenvalue weighted by molar-refractivity contribution is 7.89. The van der Waals surface area contributed by atoms with E-state index in [1.165, 1.54) is 15.9 Å². The second-order valence-corrected chi connectivity index (χ2v) is 9.94. The van der Waals surface area contributed by atoms with Gasteiger partial charge in [0.2, 0.25) is 10.0 Å². The van der Waals surface area contributed by atoms with Crippen LogP contribution in [0.4, 0.5) is 5.69 Å². The fourth-order valence-electron chi connectivity index (χ4n) is 3.43. The first kappa shape index (κ1) is 22.3. The summed E-state index contributed by atoms with van der Waals surface area (Å²) in [5.41, 5.74) is 2.48. The van der Waals surface area contributed by atoms with E-state index in [1.807, 2.05) is 31.2 Å². The lowest BCUT2D eigenvalue weighted by molar-refractivity contribution is -0.118. The smallest absolute Gasteiger partial charge is 0.262 e. The molecule has 1 aliphatic rings. The predicted molar refractivity (Wildman–Crippen MR) is 118 cm³/mol. The van der Waals surface area contributed by atoms with E-state index < -0.39 is 10.0 Å². The lowest BCUT2D eigenvalue weighted by Crippen LogP contribution is -2.35. The van der Waals surface area contributed by atoms with Gasteiger partial charge in [-0.3, -0.25) is 4.79 Å². The van der Waals surface area contributed by atoms with Crippen molar-refractivity contribution >= 4 is 21.6 Å². The largest absolute Gasteiger partial charge is 0.484 e. The first-order valence-corrected chi connectivity index (χ1v) is 11.8. The molecule has 3 rings (SSSR count). The number of benzene rings is 2.